The monoisotopic (exact) mass is 287 g/mol. The first-order valence-corrected chi connectivity index (χ1v) is 5.70. The topological polar surface area (TPSA) is 58.6 Å². The number of benzene rings is 1. The lowest BCUT2D eigenvalue weighted by Crippen LogP contribution is -2.05. The minimum absolute atomic E-state index is 0.273. The van der Waals surface area contributed by atoms with Gasteiger partial charge < -0.3 is 15.2 Å². The molecule has 2 N–H and O–H groups in total. The molecule has 16 heavy (non-hydrogen) atoms. The fourth-order valence-electron chi connectivity index (χ4n) is 1.23. The Hall–Kier alpha value is -1.07. The number of hydrogen-bond donors (Lipinski definition) is 2. The van der Waals surface area contributed by atoms with Crippen molar-refractivity contribution in [3.05, 3.63) is 28.2 Å². The molecule has 0 aromatic heterocycles. The summed E-state index contributed by atoms with van der Waals surface area (Å²) in [6, 6.07) is 4.91. The molecular formula is C11H14BrNO3. The summed E-state index contributed by atoms with van der Waals surface area (Å²) in [4.78, 5) is 10.7. The van der Waals surface area contributed by atoms with Gasteiger partial charge in [-0.3, -0.25) is 0 Å². The van der Waals surface area contributed by atoms with Crippen molar-refractivity contribution in [1.29, 1.82) is 0 Å². The number of ether oxygens (including phenoxy) is 1. The molecule has 0 unspecified atom stereocenters. The quantitative estimate of drug-likeness (QED) is 0.790. The summed E-state index contributed by atoms with van der Waals surface area (Å²) in [7, 11) is 1.66. The van der Waals surface area contributed by atoms with Gasteiger partial charge in [-0.1, -0.05) is 0 Å². The SMILES string of the molecule is COCCCNc1ccc(C(=O)O)cc1Br. The Morgan fingerprint density at radius 2 is 2.31 bits per heavy atom. The summed E-state index contributed by atoms with van der Waals surface area (Å²) in [5.74, 6) is -0.924. The van der Waals surface area contributed by atoms with Crippen molar-refractivity contribution in [2.75, 3.05) is 25.6 Å². The first kappa shape index (κ1) is 13.0. The van der Waals surface area contributed by atoms with Crippen LogP contribution in [0.1, 0.15) is 16.8 Å². The van der Waals surface area contributed by atoms with E-state index < -0.39 is 5.97 Å². The van der Waals surface area contributed by atoms with Gasteiger partial charge >= 0.3 is 5.97 Å². The highest BCUT2D eigenvalue weighted by Gasteiger charge is 2.05. The van der Waals surface area contributed by atoms with Gasteiger partial charge in [0.25, 0.3) is 0 Å². The van der Waals surface area contributed by atoms with Crippen LogP contribution in [-0.2, 0) is 4.74 Å². The van der Waals surface area contributed by atoms with E-state index in [2.05, 4.69) is 21.2 Å². The Morgan fingerprint density at radius 3 is 2.88 bits per heavy atom. The van der Waals surface area contributed by atoms with Crippen LogP contribution in [0.25, 0.3) is 0 Å². The molecule has 0 aliphatic carbocycles. The lowest BCUT2D eigenvalue weighted by Gasteiger charge is -2.08. The molecular weight excluding hydrogens is 274 g/mol. The third-order valence-electron chi connectivity index (χ3n) is 2.06. The van der Waals surface area contributed by atoms with Gasteiger partial charge in [-0.2, -0.15) is 0 Å². The summed E-state index contributed by atoms with van der Waals surface area (Å²) in [5, 5.41) is 12.0. The molecule has 0 bridgehead atoms. The maximum absolute atomic E-state index is 10.7. The second-order valence-electron chi connectivity index (χ2n) is 3.27. The maximum Gasteiger partial charge on any atom is 0.335 e. The largest absolute Gasteiger partial charge is 0.478 e. The molecule has 0 radical (unpaired) electrons. The highest BCUT2D eigenvalue weighted by atomic mass is 79.9. The van der Waals surface area contributed by atoms with Gasteiger partial charge in [0.1, 0.15) is 0 Å². The van der Waals surface area contributed by atoms with Crippen molar-refractivity contribution in [3.63, 3.8) is 0 Å². The van der Waals surface area contributed by atoms with Crippen molar-refractivity contribution < 1.29 is 14.6 Å². The van der Waals surface area contributed by atoms with Crippen LogP contribution in [0.15, 0.2) is 22.7 Å². The number of hydrogen-bond acceptors (Lipinski definition) is 3. The average molecular weight is 288 g/mol. The van der Waals surface area contributed by atoms with Gasteiger partial charge in [0.15, 0.2) is 0 Å². The Labute approximate surface area is 103 Å². The number of carbonyl (C=O) groups is 1. The summed E-state index contributed by atoms with van der Waals surface area (Å²) in [5.41, 5.74) is 1.16. The molecule has 4 nitrogen and oxygen atoms in total. The third-order valence-corrected chi connectivity index (χ3v) is 2.71. The smallest absolute Gasteiger partial charge is 0.335 e. The molecule has 0 aliphatic rings. The summed E-state index contributed by atoms with van der Waals surface area (Å²) >= 11 is 3.33. The van der Waals surface area contributed by atoms with Crippen LogP contribution in [0.3, 0.4) is 0 Å². The molecule has 1 aromatic rings. The van der Waals surface area contributed by atoms with E-state index in [1.54, 1.807) is 25.3 Å². The number of rotatable bonds is 6. The van der Waals surface area contributed by atoms with Crippen LogP contribution in [0.5, 0.6) is 0 Å². The van der Waals surface area contributed by atoms with Crippen LogP contribution in [0, 0.1) is 0 Å². The van der Waals surface area contributed by atoms with E-state index in [9.17, 15) is 4.79 Å². The molecule has 0 saturated heterocycles. The molecule has 1 rings (SSSR count). The third kappa shape index (κ3) is 3.83. The summed E-state index contributed by atoms with van der Waals surface area (Å²) in [6.45, 7) is 1.50. The van der Waals surface area contributed by atoms with E-state index in [0.717, 1.165) is 23.1 Å². The molecule has 0 spiro atoms. The Balaban J connectivity index is 2.57. The van der Waals surface area contributed by atoms with Crippen LogP contribution in [-0.4, -0.2) is 31.3 Å². The van der Waals surface area contributed by atoms with Crippen LogP contribution >= 0.6 is 15.9 Å². The van der Waals surface area contributed by atoms with Gasteiger partial charge in [0, 0.05) is 30.4 Å². The van der Waals surface area contributed by atoms with Gasteiger partial charge in [0.2, 0.25) is 0 Å². The summed E-state index contributed by atoms with van der Waals surface area (Å²) < 4.78 is 5.69. The molecule has 0 heterocycles. The van der Waals surface area contributed by atoms with Crippen LogP contribution < -0.4 is 5.32 Å². The van der Waals surface area contributed by atoms with Crippen molar-refractivity contribution in [3.8, 4) is 0 Å². The van der Waals surface area contributed by atoms with Gasteiger partial charge in [-0.05, 0) is 40.5 Å². The number of carboxylic acid groups (broad SMARTS) is 1. The summed E-state index contributed by atoms with van der Waals surface area (Å²) in [6.07, 6.45) is 0.906. The molecule has 0 atom stereocenters. The Morgan fingerprint density at radius 1 is 1.56 bits per heavy atom. The number of anilines is 1. The number of aromatic carboxylic acids is 1. The zero-order valence-corrected chi connectivity index (χ0v) is 10.6. The number of halogens is 1. The van der Waals surface area contributed by atoms with Gasteiger partial charge in [0.05, 0.1) is 5.56 Å². The van der Waals surface area contributed by atoms with Crippen molar-refractivity contribution in [1.82, 2.24) is 0 Å². The van der Waals surface area contributed by atoms with Crippen molar-refractivity contribution in [2.45, 2.75) is 6.42 Å². The van der Waals surface area contributed by atoms with E-state index in [-0.39, 0.29) is 5.56 Å². The fraction of sp³-hybridized carbons (Fsp3) is 0.364. The van der Waals surface area contributed by atoms with E-state index in [0.29, 0.717) is 6.61 Å². The van der Waals surface area contributed by atoms with Crippen molar-refractivity contribution in [2.24, 2.45) is 0 Å². The predicted octanol–water partition coefficient (Wildman–Crippen LogP) is 2.60. The minimum atomic E-state index is -0.924. The number of carboxylic acids is 1. The molecule has 0 saturated carbocycles. The highest BCUT2D eigenvalue weighted by molar-refractivity contribution is 9.10. The van der Waals surface area contributed by atoms with E-state index in [1.807, 2.05) is 0 Å². The normalized spacial score (nSPS) is 10.1. The van der Waals surface area contributed by atoms with E-state index in [1.165, 1.54) is 0 Å². The molecule has 0 fully saturated rings. The molecule has 0 amide bonds. The van der Waals surface area contributed by atoms with E-state index >= 15 is 0 Å². The van der Waals surface area contributed by atoms with Crippen LogP contribution in [0.4, 0.5) is 5.69 Å². The minimum Gasteiger partial charge on any atom is -0.478 e. The zero-order chi connectivity index (χ0) is 12.0. The lowest BCUT2D eigenvalue weighted by atomic mass is 10.2. The maximum atomic E-state index is 10.7. The second kappa shape index (κ2) is 6.50. The number of nitrogens with one attached hydrogen (secondary N) is 1. The van der Waals surface area contributed by atoms with Crippen molar-refractivity contribution >= 4 is 27.6 Å². The Kier molecular flexibility index (Phi) is 5.28. The molecule has 1 aromatic carbocycles. The highest BCUT2D eigenvalue weighted by Crippen LogP contribution is 2.23. The molecule has 5 heteroatoms. The fourth-order valence-corrected chi connectivity index (χ4v) is 1.75. The van der Waals surface area contributed by atoms with Crippen LogP contribution in [0.2, 0.25) is 0 Å². The Bertz CT molecular complexity index is 368. The second-order valence-corrected chi connectivity index (χ2v) is 4.13. The predicted molar refractivity (Wildman–Crippen MR) is 66.1 cm³/mol. The molecule has 88 valence electrons. The zero-order valence-electron chi connectivity index (χ0n) is 9.00. The standard InChI is InChI=1S/C11H14BrNO3/c1-16-6-2-5-13-10-4-3-8(11(14)15)7-9(10)12/h3-4,7,13H,2,5-6H2,1H3,(H,14,15). The first-order chi connectivity index (χ1) is 7.65. The lowest BCUT2D eigenvalue weighted by molar-refractivity contribution is 0.0697. The molecule has 0 aliphatic heterocycles. The van der Waals surface area contributed by atoms with Gasteiger partial charge in [-0.25, -0.2) is 4.79 Å². The average Bonchev–Trinajstić information content (AvgIpc) is 2.26. The first-order valence-electron chi connectivity index (χ1n) is 4.91. The van der Waals surface area contributed by atoms with E-state index in [4.69, 9.17) is 9.84 Å². The number of methoxy groups -OCH3 is 1. The van der Waals surface area contributed by atoms with Gasteiger partial charge in [-0.15, -0.1) is 0 Å².